The van der Waals surface area contributed by atoms with E-state index in [1.165, 1.54) is 26.1 Å². The zero-order valence-electron chi connectivity index (χ0n) is 10.9. The summed E-state index contributed by atoms with van der Waals surface area (Å²) in [5, 5.41) is 0. The third kappa shape index (κ3) is 7.33. The number of rotatable bonds is 6. The summed E-state index contributed by atoms with van der Waals surface area (Å²) in [5.74, 6) is 0. The lowest BCUT2D eigenvalue weighted by Crippen LogP contribution is -2.24. The molecule has 0 N–H and O–H groups in total. The SMILES string of the molecule is CCN(CC)CC/C(C)=C\[Si](C)(C)C. The Kier molecular flexibility index (Phi) is 6.37. The number of nitrogens with zero attached hydrogens (tertiary/aromatic N) is 1. The van der Waals surface area contributed by atoms with Crippen molar-refractivity contribution in [1.82, 2.24) is 4.90 Å². The molecule has 0 spiro atoms. The molecule has 1 nitrogen and oxygen atoms in total. The van der Waals surface area contributed by atoms with Gasteiger partial charge in [-0.2, -0.15) is 0 Å². The van der Waals surface area contributed by atoms with E-state index in [9.17, 15) is 0 Å². The minimum Gasteiger partial charge on any atom is -0.304 e. The highest BCUT2D eigenvalue weighted by atomic mass is 28.3. The summed E-state index contributed by atoms with van der Waals surface area (Å²) in [4.78, 5) is 2.49. The smallest absolute Gasteiger partial charge is 0.0686 e. The molecule has 2 heteroatoms. The van der Waals surface area contributed by atoms with Crippen LogP contribution in [0.1, 0.15) is 27.2 Å². The van der Waals surface area contributed by atoms with Crippen molar-refractivity contribution < 1.29 is 0 Å². The largest absolute Gasteiger partial charge is 0.304 e. The molecule has 0 aliphatic carbocycles. The van der Waals surface area contributed by atoms with Gasteiger partial charge in [-0.3, -0.25) is 0 Å². The van der Waals surface area contributed by atoms with Crippen molar-refractivity contribution in [3.8, 4) is 0 Å². The van der Waals surface area contributed by atoms with Crippen LogP contribution in [-0.2, 0) is 0 Å². The van der Waals surface area contributed by atoms with E-state index in [0.717, 1.165) is 0 Å². The summed E-state index contributed by atoms with van der Waals surface area (Å²) in [6.45, 7) is 17.5. The van der Waals surface area contributed by atoms with E-state index in [4.69, 9.17) is 0 Å². The van der Waals surface area contributed by atoms with Gasteiger partial charge in [-0.05, 0) is 26.4 Å². The van der Waals surface area contributed by atoms with Gasteiger partial charge < -0.3 is 4.90 Å². The Labute approximate surface area is 91.2 Å². The Morgan fingerprint density at radius 3 is 2.00 bits per heavy atom. The third-order valence-corrected chi connectivity index (χ3v) is 3.76. The number of hydrogen-bond acceptors (Lipinski definition) is 1. The molecule has 14 heavy (non-hydrogen) atoms. The van der Waals surface area contributed by atoms with E-state index in [-0.39, 0.29) is 0 Å². The maximum absolute atomic E-state index is 2.52. The van der Waals surface area contributed by atoms with Crippen molar-refractivity contribution >= 4 is 8.07 Å². The van der Waals surface area contributed by atoms with Gasteiger partial charge in [0, 0.05) is 6.54 Å². The molecular formula is C12H27NSi. The van der Waals surface area contributed by atoms with Crippen molar-refractivity contribution in [2.24, 2.45) is 0 Å². The van der Waals surface area contributed by atoms with E-state index in [1.807, 2.05) is 0 Å². The second-order valence-electron chi connectivity index (χ2n) is 5.13. The minimum absolute atomic E-state index is 0.993. The molecule has 0 aromatic carbocycles. The standard InChI is InChI=1S/C12H27NSi/c1-7-13(8-2)10-9-12(3)11-14(4,5)6/h11H,7-10H2,1-6H3/b12-11-. The van der Waals surface area contributed by atoms with Crippen molar-refractivity contribution in [2.75, 3.05) is 19.6 Å². The molecule has 0 heterocycles. The summed E-state index contributed by atoms with van der Waals surface area (Å²) in [6, 6.07) is 0. The fraction of sp³-hybridized carbons (Fsp3) is 0.833. The van der Waals surface area contributed by atoms with E-state index in [0.29, 0.717) is 0 Å². The van der Waals surface area contributed by atoms with Gasteiger partial charge in [-0.25, -0.2) is 0 Å². The average Bonchev–Trinajstić information content (AvgIpc) is 2.03. The first-order valence-corrected chi connectivity index (χ1v) is 9.37. The monoisotopic (exact) mass is 213 g/mol. The van der Waals surface area contributed by atoms with E-state index in [2.05, 4.69) is 51.0 Å². The van der Waals surface area contributed by atoms with Crippen molar-refractivity contribution in [3.63, 3.8) is 0 Å². The Morgan fingerprint density at radius 1 is 1.14 bits per heavy atom. The van der Waals surface area contributed by atoms with Gasteiger partial charge in [-0.1, -0.05) is 44.8 Å². The van der Waals surface area contributed by atoms with Crippen molar-refractivity contribution in [1.29, 1.82) is 0 Å². The van der Waals surface area contributed by atoms with Gasteiger partial charge in [0.2, 0.25) is 0 Å². The first-order chi connectivity index (χ1) is 6.39. The zero-order valence-corrected chi connectivity index (χ0v) is 11.9. The second kappa shape index (κ2) is 6.41. The molecule has 0 amide bonds. The minimum atomic E-state index is -0.993. The van der Waals surface area contributed by atoms with Crippen LogP contribution in [0.3, 0.4) is 0 Å². The van der Waals surface area contributed by atoms with Crippen molar-refractivity contribution in [3.05, 3.63) is 11.3 Å². The molecule has 0 atom stereocenters. The van der Waals surface area contributed by atoms with Crippen molar-refractivity contribution in [2.45, 2.75) is 46.8 Å². The van der Waals surface area contributed by atoms with E-state index in [1.54, 1.807) is 5.57 Å². The molecule has 0 saturated carbocycles. The highest BCUT2D eigenvalue weighted by Gasteiger charge is 2.09. The van der Waals surface area contributed by atoms with Crippen LogP contribution in [0.4, 0.5) is 0 Å². The molecule has 0 aliphatic heterocycles. The molecule has 0 bridgehead atoms. The summed E-state index contributed by atoms with van der Waals surface area (Å²) in [6.07, 6.45) is 1.24. The molecule has 0 rings (SSSR count). The Morgan fingerprint density at radius 2 is 1.64 bits per heavy atom. The molecule has 84 valence electrons. The molecule has 0 unspecified atom stereocenters. The predicted octanol–water partition coefficient (Wildman–Crippen LogP) is 3.54. The van der Waals surface area contributed by atoms with Crippen LogP contribution in [0.5, 0.6) is 0 Å². The Balaban J connectivity index is 3.95. The first kappa shape index (κ1) is 13.9. The normalized spacial score (nSPS) is 13.8. The van der Waals surface area contributed by atoms with Crippen LogP contribution in [0.25, 0.3) is 0 Å². The van der Waals surface area contributed by atoms with Crippen LogP contribution < -0.4 is 0 Å². The lowest BCUT2D eigenvalue weighted by atomic mass is 10.2. The fourth-order valence-electron chi connectivity index (χ4n) is 1.69. The predicted molar refractivity (Wildman–Crippen MR) is 69.5 cm³/mol. The topological polar surface area (TPSA) is 3.24 Å². The molecule has 0 aromatic rings. The Bertz CT molecular complexity index is 175. The Hall–Kier alpha value is -0.0831. The van der Waals surface area contributed by atoms with E-state index >= 15 is 0 Å². The van der Waals surface area contributed by atoms with Gasteiger partial charge in [0.25, 0.3) is 0 Å². The summed E-state index contributed by atoms with van der Waals surface area (Å²) in [5.41, 5.74) is 4.10. The quantitative estimate of drug-likeness (QED) is 0.610. The lowest BCUT2D eigenvalue weighted by Gasteiger charge is -2.19. The lowest BCUT2D eigenvalue weighted by molar-refractivity contribution is 0.308. The van der Waals surface area contributed by atoms with Crippen LogP contribution in [0, 0.1) is 0 Å². The fourth-order valence-corrected chi connectivity index (χ4v) is 3.31. The second-order valence-corrected chi connectivity index (χ2v) is 10.2. The molecule has 0 aliphatic rings. The average molecular weight is 213 g/mol. The summed E-state index contributed by atoms with van der Waals surface area (Å²) < 4.78 is 0. The van der Waals surface area contributed by atoms with Gasteiger partial charge >= 0.3 is 0 Å². The molecular weight excluding hydrogens is 186 g/mol. The van der Waals surface area contributed by atoms with Gasteiger partial charge in [-0.15, -0.1) is 0 Å². The number of hydrogen-bond donors (Lipinski definition) is 0. The third-order valence-electron chi connectivity index (χ3n) is 2.40. The van der Waals surface area contributed by atoms with Crippen LogP contribution in [-0.4, -0.2) is 32.6 Å². The maximum Gasteiger partial charge on any atom is 0.0686 e. The van der Waals surface area contributed by atoms with E-state index < -0.39 is 8.07 Å². The summed E-state index contributed by atoms with van der Waals surface area (Å²) >= 11 is 0. The van der Waals surface area contributed by atoms with Gasteiger partial charge in [0.15, 0.2) is 0 Å². The summed E-state index contributed by atoms with van der Waals surface area (Å²) in [7, 11) is -0.993. The highest BCUT2D eigenvalue weighted by molar-refractivity contribution is 6.81. The molecule has 0 saturated heterocycles. The molecule has 0 fully saturated rings. The van der Waals surface area contributed by atoms with Gasteiger partial charge in [0.05, 0.1) is 8.07 Å². The molecule has 0 aromatic heterocycles. The van der Waals surface area contributed by atoms with Crippen LogP contribution >= 0.6 is 0 Å². The zero-order chi connectivity index (χ0) is 11.2. The maximum atomic E-state index is 2.52. The highest BCUT2D eigenvalue weighted by Crippen LogP contribution is 2.10. The van der Waals surface area contributed by atoms with Gasteiger partial charge in [0.1, 0.15) is 0 Å². The molecule has 0 radical (unpaired) electrons. The van der Waals surface area contributed by atoms with Crippen LogP contribution in [0.2, 0.25) is 19.6 Å². The first-order valence-electron chi connectivity index (χ1n) is 5.79. The van der Waals surface area contributed by atoms with Crippen LogP contribution in [0.15, 0.2) is 11.3 Å².